The summed E-state index contributed by atoms with van der Waals surface area (Å²) in [6.45, 7) is 1.32. The molecule has 2 heterocycles. The van der Waals surface area contributed by atoms with E-state index in [4.69, 9.17) is 16.3 Å². The lowest BCUT2D eigenvalue weighted by Crippen LogP contribution is -2.89. The van der Waals surface area contributed by atoms with Gasteiger partial charge < -0.3 is 15.2 Å². The number of alkyl halides is 1. The fourth-order valence-corrected chi connectivity index (χ4v) is 2.05. The van der Waals surface area contributed by atoms with E-state index in [1.54, 1.807) is 0 Å². The fourth-order valence-electron chi connectivity index (χ4n) is 1.71. The second-order valence-corrected chi connectivity index (χ2v) is 3.49. The van der Waals surface area contributed by atoms with E-state index in [2.05, 4.69) is 5.32 Å². The Morgan fingerprint density at radius 2 is 2.40 bits per heavy atom. The molecule has 2 aliphatic rings. The lowest BCUT2D eigenvalue weighted by molar-refractivity contribution is -0.675. The summed E-state index contributed by atoms with van der Waals surface area (Å²) in [5.41, 5.74) is 0. The number of nitrogens with two attached hydrogens (primary N) is 1. The summed E-state index contributed by atoms with van der Waals surface area (Å²) in [6, 6.07) is 0.197. The van der Waals surface area contributed by atoms with E-state index in [0.29, 0.717) is 6.61 Å². The van der Waals surface area contributed by atoms with E-state index in [9.17, 15) is 5.11 Å². The number of hydrogen-bond acceptors (Lipinski definition) is 2. The molecule has 0 aromatic rings. The van der Waals surface area contributed by atoms with E-state index in [1.807, 2.05) is 0 Å². The number of hydrogen-bond donors (Lipinski definition) is 2. The molecular formula is C6H11ClNO2+. The first-order valence-corrected chi connectivity index (χ1v) is 4.00. The zero-order valence-electron chi connectivity index (χ0n) is 5.53. The molecule has 0 unspecified atom stereocenters. The van der Waals surface area contributed by atoms with Gasteiger partial charge in [-0.2, -0.15) is 0 Å². The highest BCUT2D eigenvalue weighted by Gasteiger charge is 2.48. The molecule has 2 saturated heterocycles. The summed E-state index contributed by atoms with van der Waals surface area (Å²) in [4.78, 5) is 0. The molecule has 0 aromatic heterocycles. The van der Waals surface area contributed by atoms with Crippen LogP contribution in [0, 0.1) is 0 Å². The van der Waals surface area contributed by atoms with Crippen LogP contribution >= 0.6 is 11.6 Å². The van der Waals surface area contributed by atoms with Crippen LogP contribution in [0.5, 0.6) is 0 Å². The largest absolute Gasteiger partial charge is 0.384 e. The van der Waals surface area contributed by atoms with E-state index in [0.717, 1.165) is 6.54 Å². The van der Waals surface area contributed by atoms with Gasteiger partial charge in [-0.3, -0.25) is 0 Å². The van der Waals surface area contributed by atoms with Crippen molar-refractivity contribution in [1.29, 1.82) is 0 Å². The number of aliphatic hydroxyl groups excluding tert-OH is 1. The monoisotopic (exact) mass is 164 g/mol. The molecule has 3 nitrogen and oxygen atoms in total. The summed E-state index contributed by atoms with van der Waals surface area (Å²) in [5, 5.41) is 11.5. The Labute approximate surface area is 64.3 Å². The molecule has 4 atom stereocenters. The van der Waals surface area contributed by atoms with Crippen LogP contribution in [-0.2, 0) is 4.74 Å². The van der Waals surface area contributed by atoms with Gasteiger partial charge in [0.15, 0.2) is 0 Å². The maximum absolute atomic E-state index is 9.30. The minimum absolute atomic E-state index is 0.0802. The SMILES string of the molecule is O[C@H]1CO[C@H]2[C@@H]1[NH2+]C[C@H]2Cl. The van der Waals surface area contributed by atoms with Gasteiger partial charge in [0.1, 0.15) is 23.6 Å². The molecule has 10 heavy (non-hydrogen) atoms. The predicted molar refractivity (Wildman–Crippen MR) is 36.0 cm³/mol. The Balaban J connectivity index is 2.09. The molecule has 0 bridgehead atoms. The van der Waals surface area contributed by atoms with Gasteiger partial charge in [0.25, 0.3) is 0 Å². The smallest absolute Gasteiger partial charge is 0.143 e. The molecule has 4 heteroatoms. The standard InChI is InChI=1S/C6H10ClNO2/c7-3-1-8-5-4(9)2-10-6(3)5/h3-6,8-9H,1-2H2/p+1/t3-,4+,5-,6-/m1/s1. The molecule has 3 N–H and O–H groups in total. The fraction of sp³-hybridized carbons (Fsp3) is 1.00. The topological polar surface area (TPSA) is 46.1 Å². The Morgan fingerprint density at radius 3 is 3.10 bits per heavy atom. The summed E-state index contributed by atoms with van der Waals surface area (Å²) in [6.07, 6.45) is -0.231. The summed E-state index contributed by atoms with van der Waals surface area (Å²) < 4.78 is 5.29. The van der Waals surface area contributed by atoms with E-state index < -0.39 is 0 Å². The maximum Gasteiger partial charge on any atom is 0.143 e. The highest BCUT2D eigenvalue weighted by molar-refractivity contribution is 6.21. The number of quaternary nitrogens is 1. The van der Waals surface area contributed by atoms with Crippen LogP contribution in [0.4, 0.5) is 0 Å². The van der Waals surface area contributed by atoms with Crippen LogP contribution < -0.4 is 5.32 Å². The van der Waals surface area contributed by atoms with Crippen molar-refractivity contribution < 1.29 is 15.2 Å². The van der Waals surface area contributed by atoms with Gasteiger partial charge in [0, 0.05) is 0 Å². The molecule has 0 saturated carbocycles. The number of rotatable bonds is 0. The van der Waals surface area contributed by atoms with Gasteiger partial charge in [-0.1, -0.05) is 0 Å². The van der Waals surface area contributed by atoms with E-state index in [-0.39, 0.29) is 23.6 Å². The van der Waals surface area contributed by atoms with Gasteiger partial charge in [-0.05, 0) is 0 Å². The van der Waals surface area contributed by atoms with Gasteiger partial charge in [-0.15, -0.1) is 11.6 Å². The van der Waals surface area contributed by atoms with Gasteiger partial charge in [0.05, 0.1) is 13.2 Å². The second-order valence-electron chi connectivity index (χ2n) is 2.93. The van der Waals surface area contributed by atoms with Crippen molar-refractivity contribution in [1.82, 2.24) is 0 Å². The van der Waals surface area contributed by atoms with Crippen molar-refractivity contribution in [2.45, 2.75) is 23.6 Å². The van der Waals surface area contributed by atoms with Crippen LogP contribution in [0.25, 0.3) is 0 Å². The normalized spacial score (nSPS) is 53.4. The summed E-state index contributed by atoms with van der Waals surface area (Å²) in [7, 11) is 0. The molecule has 0 aliphatic carbocycles. The van der Waals surface area contributed by atoms with Crippen LogP contribution in [-0.4, -0.2) is 41.9 Å². The lowest BCUT2D eigenvalue weighted by atomic mass is 10.1. The van der Waals surface area contributed by atoms with Crippen LogP contribution in [0.2, 0.25) is 0 Å². The Hall–Kier alpha value is 0.170. The minimum Gasteiger partial charge on any atom is -0.384 e. The second kappa shape index (κ2) is 2.34. The molecule has 0 radical (unpaired) electrons. The van der Waals surface area contributed by atoms with Crippen molar-refractivity contribution in [2.75, 3.05) is 13.2 Å². The average molecular weight is 165 g/mol. The lowest BCUT2D eigenvalue weighted by Gasteiger charge is -2.06. The third-order valence-corrected chi connectivity index (χ3v) is 2.70. The first kappa shape index (κ1) is 6.85. The zero-order valence-corrected chi connectivity index (χ0v) is 6.29. The predicted octanol–water partition coefficient (Wildman–Crippen LogP) is -1.70. The molecule has 0 amide bonds. The molecular weight excluding hydrogens is 154 g/mol. The Kier molecular flexibility index (Phi) is 1.60. The van der Waals surface area contributed by atoms with Crippen molar-refractivity contribution in [2.24, 2.45) is 0 Å². The first-order valence-electron chi connectivity index (χ1n) is 3.56. The van der Waals surface area contributed by atoms with Gasteiger partial charge in [0.2, 0.25) is 0 Å². The van der Waals surface area contributed by atoms with Crippen LogP contribution in [0.1, 0.15) is 0 Å². The van der Waals surface area contributed by atoms with Crippen molar-refractivity contribution >= 4 is 11.6 Å². The van der Waals surface area contributed by atoms with Gasteiger partial charge in [-0.25, -0.2) is 0 Å². The van der Waals surface area contributed by atoms with E-state index in [1.165, 1.54) is 0 Å². The van der Waals surface area contributed by atoms with Crippen molar-refractivity contribution in [3.05, 3.63) is 0 Å². The molecule has 58 valence electrons. The summed E-state index contributed by atoms with van der Waals surface area (Å²) in [5.74, 6) is 0. The quantitative estimate of drug-likeness (QED) is 0.420. The third kappa shape index (κ3) is 0.855. The van der Waals surface area contributed by atoms with Crippen LogP contribution in [0.3, 0.4) is 0 Å². The zero-order chi connectivity index (χ0) is 7.14. The highest BCUT2D eigenvalue weighted by atomic mass is 35.5. The number of ether oxygens (including phenoxy) is 1. The average Bonchev–Trinajstić information content (AvgIpc) is 2.41. The van der Waals surface area contributed by atoms with Crippen LogP contribution in [0.15, 0.2) is 0 Å². The molecule has 2 aliphatic heterocycles. The molecule has 2 rings (SSSR count). The molecule has 2 fully saturated rings. The van der Waals surface area contributed by atoms with Crippen molar-refractivity contribution in [3.8, 4) is 0 Å². The Morgan fingerprint density at radius 1 is 1.60 bits per heavy atom. The van der Waals surface area contributed by atoms with Crippen molar-refractivity contribution in [3.63, 3.8) is 0 Å². The van der Waals surface area contributed by atoms with Gasteiger partial charge >= 0.3 is 0 Å². The van der Waals surface area contributed by atoms with E-state index >= 15 is 0 Å². The molecule has 0 spiro atoms. The summed E-state index contributed by atoms with van der Waals surface area (Å²) >= 11 is 5.91. The first-order chi connectivity index (χ1) is 4.79. The number of halogens is 1. The molecule has 0 aromatic carbocycles. The highest BCUT2D eigenvalue weighted by Crippen LogP contribution is 2.21. The number of aliphatic hydroxyl groups is 1. The Bertz CT molecular complexity index is 128. The third-order valence-electron chi connectivity index (χ3n) is 2.27. The maximum atomic E-state index is 9.30. The minimum atomic E-state index is -0.311. The number of fused-ring (bicyclic) bond motifs is 1.